The number of nitriles is 1. The van der Waals surface area contributed by atoms with Crippen LogP contribution in [0.5, 0.6) is 5.88 Å². The summed E-state index contributed by atoms with van der Waals surface area (Å²) in [5.74, 6) is 0.615. The predicted octanol–water partition coefficient (Wildman–Crippen LogP) is 2.20. The molecule has 16 heavy (non-hydrogen) atoms. The summed E-state index contributed by atoms with van der Waals surface area (Å²) in [4.78, 5) is 4.11. The zero-order valence-electron chi connectivity index (χ0n) is 9.36. The van der Waals surface area contributed by atoms with E-state index in [1.165, 1.54) is 0 Å². The van der Waals surface area contributed by atoms with Crippen molar-refractivity contribution < 1.29 is 4.74 Å². The molecule has 1 aromatic heterocycles. The Hall–Kier alpha value is -1.76. The van der Waals surface area contributed by atoms with Crippen molar-refractivity contribution in [1.29, 1.82) is 5.26 Å². The van der Waals surface area contributed by atoms with E-state index in [1.54, 1.807) is 13.3 Å². The van der Waals surface area contributed by atoms with Gasteiger partial charge in [0.1, 0.15) is 0 Å². The summed E-state index contributed by atoms with van der Waals surface area (Å²) in [6.45, 7) is 0.856. The second-order valence-electron chi connectivity index (χ2n) is 4.28. The molecule has 0 unspecified atom stereocenters. The Morgan fingerprint density at radius 2 is 2.38 bits per heavy atom. The molecule has 84 valence electrons. The van der Waals surface area contributed by atoms with Crippen LogP contribution in [0.4, 0.5) is 5.69 Å². The molecule has 1 aliphatic rings. The molecule has 2 rings (SSSR count). The van der Waals surface area contributed by atoms with Crippen molar-refractivity contribution in [3.8, 4) is 11.9 Å². The lowest BCUT2D eigenvalue weighted by atomic mass is 10.0. The quantitative estimate of drug-likeness (QED) is 0.821. The number of hydrogen-bond acceptors (Lipinski definition) is 4. The Bertz CT molecular complexity index is 390. The van der Waals surface area contributed by atoms with Crippen molar-refractivity contribution in [1.82, 2.24) is 4.98 Å². The summed E-state index contributed by atoms with van der Waals surface area (Å²) >= 11 is 0. The van der Waals surface area contributed by atoms with Crippen molar-refractivity contribution >= 4 is 5.69 Å². The van der Waals surface area contributed by atoms with Crippen molar-refractivity contribution in [2.24, 2.45) is 5.41 Å². The van der Waals surface area contributed by atoms with Crippen LogP contribution in [0.25, 0.3) is 0 Å². The van der Waals surface area contributed by atoms with E-state index in [2.05, 4.69) is 16.4 Å². The van der Waals surface area contributed by atoms with Gasteiger partial charge in [-0.25, -0.2) is 4.98 Å². The van der Waals surface area contributed by atoms with E-state index in [4.69, 9.17) is 10.00 Å². The Kier molecular flexibility index (Phi) is 2.95. The number of aromatic nitrogens is 1. The molecule has 4 heteroatoms. The summed E-state index contributed by atoms with van der Waals surface area (Å²) in [6, 6.07) is 6.01. The molecule has 1 heterocycles. The molecule has 4 nitrogen and oxygen atoms in total. The van der Waals surface area contributed by atoms with Gasteiger partial charge in [-0.3, -0.25) is 0 Å². The molecule has 0 aromatic carbocycles. The molecule has 0 spiro atoms. The standard InChI is InChI=1S/C12H15N3O/c1-16-11-3-2-10(8-14-11)15-9-12(4-5-12)6-7-13/h2-3,8,15H,4-6,9H2,1H3. The van der Waals surface area contributed by atoms with Gasteiger partial charge < -0.3 is 10.1 Å². The van der Waals surface area contributed by atoms with Gasteiger partial charge in [-0.2, -0.15) is 5.26 Å². The summed E-state index contributed by atoms with van der Waals surface area (Å²) < 4.78 is 4.98. The molecule has 1 fully saturated rings. The van der Waals surface area contributed by atoms with Crippen LogP contribution in [0.15, 0.2) is 18.3 Å². The maximum absolute atomic E-state index is 8.70. The normalized spacial score (nSPS) is 16.2. The first-order chi connectivity index (χ1) is 7.78. The van der Waals surface area contributed by atoms with Crippen LogP contribution in [0.2, 0.25) is 0 Å². The first kappa shape index (κ1) is 10.7. The van der Waals surface area contributed by atoms with Crippen LogP contribution in [-0.4, -0.2) is 18.6 Å². The summed E-state index contributed by atoms with van der Waals surface area (Å²) in [5, 5.41) is 12.0. The van der Waals surface area contributed by atoms with Gasteiger partial charge in [0.05, 0.1) is 25.1 Å². The molecule has 1 saturated carbocycles. The number of hydrogen-bond donors (Lipinski definition) is 1. The Morgan fingerprint density at radius 1 is 1.56 bits per heavy atom. The molecule has 1 N–H and O–H groups in total. The Balaban J connectivity index is 1.88. The van der Waals surface area contributed by atoms with Gasteiger partial charge in [0.15, 0.2) is 0 Å². The Morgan fingerprint density at radius 3 is 2.88 bits per heavy atom. The first-order valence-corrected chi connectivity index (χ1v) is 5.39. The van der Waals surface area contributed by atoms with E-state index >= 15 is 0 Å². The molecule has 0 radical (unpaired) electrons. The molecule has 1 aromatic rings. The van der Waals surface area contributed by atoms with Gasteiger partial charge in [0, 0.05) is 24.4 Å². The van der Waals surface area contributed by atoms with E-state index in [9.17, 15) is 0 Å². The lowest BCUT2D eigenvalue weighted by Crippen LogP contribution is -2.14. The van der Waals surface area contributed by atoms with Crippen LogP contribution in [0.1, 0.15) is 19.3 Å². The minimum absolute atomic E-state index is 0.217. The SMILES string of the molecule is COc1ccc(NCC2(CC#N)CC2)cn1. The summed E-state index contributed by atoms with van der Waals surface area (Å²) in [6.07, 6.45) is 4.69. The zero-order chi connectivity index (χ0) is 11.4. The van der Waals surface area contributed by atoms with E-state index in [0.29, 0.717) is 12.3 Å². The third-order valence-electron chi connectivity index (χ3n) is 3.02. The number of nitrogens with zero attached hydrogens (tertiary/aromatic N) is 2. The van der Waals surface area contributed by atoms with E-state index in [-0.39, 0.29) is 5.41 Å². The molecule has 0 amide bonds. The van der Waals surface area contributed by atoms with Gasteiger partial charge in [-0.05, 0) is 18.9 Å². The second-order valence-corrected chi connectivity index (χ2v) is 4.28. The van der Waals surface area contributed by atoms with Gasteiger partial charge in [0.25, 0.3) is 0 Å². The lowest BCUT2D eigenvalue weighted by Gasteiger charge is -2.13. The summed E-state index contributed by atoms with van der Waals surface area (Å²) in [5.41, 5.74) is 1.19. The fourth-order valence-electron chi connectivity index (χ4n) is 1.66. The highest BCUT2D eigenvalue weighted by atomic mass is 16.5. The topological polar surface area (TPSA) is 57.9 Å². The Labute approximate surface area is 95.3 Å². The van der Waals surface area contributed by atoms with Crippen molar-refractivity contribution in [2.45, 2.75) is 19.3 Å². The minimum atomic E-state index is 0.217. The highest BCUT2D eigenvalue weighted by Gasteiger charge is 2.42. The van der Waals surface area contributed by atoms with Gasteiger partial charge >= 0.3 is 0 Å². The number of nitrogens with one attached hydrogen (secondary N) is 1. The smallest absolute Gasteiger partial charge is 0.213 e. The van der Waals surface area contributed by atoms with E-state index in [0.717, 1.165) is 25.1 Å². The average molecular weight is 217 g/mol. The molecular weight excluding hydrogens is 202 g/mol. The number of methoxy groups -OCH3 is 1. The predicted molar refractivity (Wildman–Crippen MR) is 61.2 cm³/mol. The third-order valence-corrected chi connectivity index (χ3v) is 3.02. The fraction of sp³-hybridized carbons (Fsp3) is 0.500. The van der Waals surface area contributed by atoms with Crippen molar-refractivity contribution in [3.63, 3.8) is 0 Å². The van der Waals surface area contributed by atoms with Crippen LogP contribution in [0.3, 0.4) is 0 Å². The number of rotatable bonds is 5. The molecule has 0 aliphatic heterocycles. The highest BCUT2D eigenvalue weighted by molar-refractivity contribution is 5.42. The second kappa shape index (κ2) is 4.40. The van der Waals surface area contributed by atoms with Crippen molar-refractivity contribution in [2.75, 3.05) is 19.0 Å². The lowest BCUT2D eigenvalue weighted by molar-refractivity contribution is 0.398. The third kappa shape index (κ3) is 2.43. The van der Waals surface area contributed by atoms with Gasteiger partial charge in [-0.15, -0.1) is 0 Å². The number of pyridine rings is 1. The van der Waals surface area contributed by atoms with Crippen LogP contribution in [0, 0.1) is 16.7 Å². The van der Waals surface area contributed by atoms with Gasteiger partial charge in [0.2, 0.25) is 5.88 Å². The van der Waals surface area contributed by atoms with E-state index < -0.39 is 0 Å². The van der Waals surface area contributed by atoms with Gasteiger partial charge in [-0.1, -0.05) is 0 Å². The average Bonchev–Trinajstić information content (AvgIpc) is 3.08. The van der Waals surface area contributed by atoms with Crippen LogP contribution < -0.4 is 10.1 Å². The minimum Gasteiger partial charge on any atom is -0.481 e. The summed E-state index contributed by atoms with van der Waals surface area (Å²) in [7, 11) is 1.60. The van der Waals surface area contributed by atoms with Crippen LogP contribution >= 0.6 is 0 Å². The largest absolute Gasteiger partial charge is 0.481 e. The molecule has 0 atom stereocenters. The number of anilines is 1. The zero-order valence-corrected chi connectivity index (χ0v) is 9.36. The molecular formula is C12H15N3O. The molecule has 0 bridgehead atoms. The highest BCUT2D eigenvalue weighted by Crippen LogP contribution is 2.48. The van der Waals surface area contributed by atoms with Crippen LogP contribution in [-0.2, 0) is 0 Å². The first-order valence-electron chi connectivity index (χ1n) is 5.39. The maximum atomic E-state index is 8.70. The monoisotopic (exact) mass is 217 g/mol. The number of ether oxygens (including phenoxy) is 1. The molecule has 0 saturated heterocycles. The fourth-order valence-corrected chi connectivity index (χ4v) is 1.66. The molecule has 1 aliphatic carbocycles. The maximum Gasteiger partial charge on any atom is 0.213 e. The van der Waals surface area contributed by atoms with Crippen molar-refractivity contribution in [3.05, 3.63) is 18.3 Å². The van der Waals surface area contributed by atoms with E-state index in [1.807, 2.05) is 12.1 Å².